The standard InChI is InChI=1S/C12H16BrFN2O/c1-12(2)8-16(7-9(6-13)17-12)11-10(14)4-3-5-15-11/h3-5,9H,6-8H2,1-2H3. The summed E-state index contributed by atoms with van der Waals surface area (Å²) in [6.07, 6.45) is 1.67. The van der Waals surface area contributed by atoms with E-state index < -0.39 is 0 Å². The van der Waals surface area contributed by atoms with E-state index in [1.54, 1.807) is 12.3 Å². The van der Waals surface area contributed by atoms with Gasteiger partial charge < -0.3 is 9.64 Å². The number of nitrogens with zero attached hydrogens (tertiary/aromatic N) is 2. The molecular weight excluding hydrogens is 287 g/mol. The number of hydrogen-bond donors (Lipinski definition) is 0. The number of alkyl halides is 1. The minimum atomic E-state index is -0.291. The van der Waals surface area contributed by atoms with Crippen LogP contribution in [0.4, 0.5) is 10.2 Å². The summed E-state index contributed by atoms with van der Waals surface area (Å²) in [5.41, 5.74) is -0.291. The van der Waals surface area contributed by atoms with Crippen LogP contribution in [0.2, 0.25) is 0 Å². The molecule has 94 valence electrons. The maximum atomic E-state index is 13.7. The summed E-state index contributed by atoms with van der Waals surface area (Å²) in [7, 11) is 0. The predicted molar refractivity (Wildman–Crippen MR) is 69.2 cm³/mol. The Hall–Kier alpha value is -0.680. The molecule has 0 aliphatic carbocycles. The molecule has 1 aliphatic heterocycles. The zero-order valence-corrected chi connectivity index (χ0v) is 11.6. The van der Waals surface area contributed by atoms with Crippen LogP contribution < -0.4 is 4.90 Å². The molecule has 1 aliphatic rings. The smallest absolute Gasteiger partial charge is 0.165 e. The molecule has 2 rings (SSSR count). The molecule has 1 aromatic rings. The predicted octanol–water partition coefficient (Wildman–Crippen LogP) is 2.60. The van der Waals surface area contributed by atoms with E-state index >= 15 is 0 Å². The van der Waals surface area contributed by atoms with Gasteiger partial charge >= 0.3 is 0 Å². The van der Waals surface area contributed by atoms with Gasteiger partial charge in [0.15, 0.2) is 11.6 Å². The first-order valence-electron chi connectivity index (χ1n) is 5.61. The van der Waals surface area contributed by atoms with Gasteiger partial charge in [0.2, 0.25) is 0 Å². The average Bonchev–Trinajstić information content (AvgIpc) is 2.27. The van der Waals surface area contributed by atoms with E-state index in [1.165, 1.54) is 6.07 Å². The first kappa shape index (κ1) is 12.8. The number of morpholine rings is 1. The van der Waals surface area contributed by atoms with Crippen LogP contribution in [0.3, 0.4) is 0 Å². The van der Waals surface area contributed by atoms with Gasteiger partial charge in [-0.25, -0.2) is 9.37 Å². The van der Waals surface area contributed by atoms with E-state index in [4.69, 9.17) is 4.74 Å². The summed E-state index contributed by atoms with van der Waals surface area (Å²) >= 11 is 3.42. The fourth-order valence-electron chi connectivity index (χ4n) is 2.15. The summed E-state index contributed by atoms with van der Waals surface area (Å²) in [4.78, 5) is 6.07. The monoisotopic (exact) mass is 302 g/mol. The van der Waals surface area contributed by atoms with Crippen LogP contribution in [0, 0.1) is 5.82 Å². The van der Waals surface area contributed by atoms with E-state index in [0.717, 1.165) is 5.33 Å². The lowest BCUT2D eigenvalue weighted by molar-refractivity contribution is -0.0727. The third-order valence-corrected chi connectivity index (χ3v) is 3.41. The Kier molecular flexibility index (Phi) is 3.68. The molecule has 5 heteroatoms. The molecule has 1 saturated heterocycles. The zero-order chi connectivity index (χ0) is 12.5. The van der Waals surface area contributed by atoms with Gasteiger partial charge in [-0.3, -0.25) is 0 Å². The highest BCUT2D eigenvalue weighted by Gasteiger charge is 2.34. The Labute approximate surface area is 109 Å². The van der Waals surface area contributed by atoms with Crippen molar-refractivity contribution in [3.63, 3.8) is 0 Å². The van der Waals surface area contributed by atoms with Crippen molar-refractivity contribution >= 4 is 21.7 Å². The SMILES string of the molecule is CC1(C)CN(c2ncccc2F)CC(CBr)O1. The van der Waals surface area contributed by atoms with Crippen LogP contribution in [0.5, 0.6) is 0 Å². The number of aromatic nitrogens is 1. The Morgan fingerprint density at radius 1 is 1.65 bits per heavy atom. The van der Waals surface area contributed by atoms with Gasteiger partial charge in [0, 0.05) is 24.6 Å². The molecule has 1 unspecified atom stereocenters. The molecule has 0 amide bonds. The van der Waals surface area contributed by atoms with Crippen molar-refractivity contribution in [2.24, 2.45) is 0 Å². The molecule has 0 N–H and O–H groups in total. The minimum Gasteiger partial charge on any atom is -0.368 e. The molecule has 0 aromatic carbocycles. The van der Waals surface area contributed by atoms with Gasteiger partial charge in [-0.15, -0.1) is 0 Å². The highest BCUT2D eigenvalue weighted by Crippen LogP contribution is 2.26. The number of halogens is 2. The van der Waals surface area contributed by atoms with Crippen molar-refractivity contribution in [2.45, 2.75) is 25.6 Å². The van der Waals surface area contributed by atoms with Crippen LogP contribution in [0.25, 0.3) is 0 Å². The summed E-state index contributed by atoms with van der Waals surface area (Å²) in [5, 5.41) is 0.737. The van der Waals surface area contributed by atoms with Gasteiger partial charge in [-0.05, 0) is 26.0 Å². The van der Waals surface area contributed by atoms with E-state index in [0.29, 0.717) is 18.9 Å². The van der Waals surface area contributed by atoms with Gasteiger partial charge in [0.25, 0.3) is 0 Å². The molecule has 1 aromatic heterocycles. The molecule has 1 fully saturated rings. The maximum absolute atomic E-state index is 13.7. The molecule has 0 saturated carbocycles. The molecule has 0 spiro atoms. The van der Waals surface area contributed by atoms with Crippen molar-refractivity contribution in [3.8, 4) is 0 Å². The van der Waals surface area contributed by atoms with Crippen molar-refractivity contribution in [1.29, 1.82) is 0 Å². The largest absolute Gasteiger partial charge is 0.368 e. The molecule has 2 heterocycles. The third kappa shape index (κ3) is 2.96. The summed E-state index contributed by atoms with van der Waals surface area (Å²) in [5.74, 6) is 0.133. The number of ether oxygens (including phenoxy) is 1. The molecule has 0 bridgehead atoms. The van der Waals surface area contributed by atoms with Crippen LogP contribution in [0.15, 0.2) is 18.3 Å². The van der Waals surface area contributed by atoms with Crippen LogP contribution >= 0.6 is 15.9 Å². The number of rotatable bonds is 2. The molecule has 1 atom stereocenters. The van der Waals surface area contributed by atoms with Crippen molar-refractivity contribution in [2.75, 3.05) is 23.3 Å². The highest BCUT2D eigenvalue weighted by atomic mass is 79.9. The van der Waals surface area contributed by atoms with Gasteiger partial charge in [-0.1, -0.05) is 15.9 Å². The van der Waals surface area contributed by atoms with Crippen LogP contribution in [0.1, 0.15) is 13.8 Å². The molecular formula is C12H16BrFN2O. The minimum absolute atomic E-state index is 0.0557. The van der Waals surface area contributed by atoms with Crippen molar-refractivity contribution in [3.05, 3.63) is 24.1 Å². The number of anilines is 1. The number of pyridine rings is 1. The van der Waals surface area contributed by atoms with Gasteiger partial charge in [-0.2, -0.15) is 0 Å². The molecule has 17 heavy (non-hydrogen) atoms. The van der Waals surface area contributed by atoms with Crippen molar-refractivity contribution in [1.82, 2.24) is 4.98 Å². The van der Waals surface area contributed by atoms with E-state index in [9.17, 15) is 4.39 Å². The third-order valence-electron chi connectivity index (χ3n) is 2.69. The summed E-state index contributed by atoms with van der Waals surface area (Å²) in [6.45, 7) is 5.32. The molecule has 0 radical (unpaired) electrons. The fraction of sp³-hybridized carbons (Fsp3) is 0.583. The summed E-state index contributed by atoms with van der Waals surface area (Å²) in [6, 6.07) is 3.04. The Balaban J connectivity index is 2.24. The lowest BCUT2D eigenvalue weighted by atomic mass is 10.1. The van der Waals surface area contributed by atoms with Crippen LogP contribution in [-0.4, -0.2) is 35.1 Å². The van der Waals surface area contributed by atoms with Crippen LogP contribution in [-0.2, 0) is 4.74 Å². The van der Waals surface area contributed by atoms with Gasteiger partial charge in [0.1, 0.15) is 0 Å². The Morgan fingerprint density at radius 2 is 2.41 bits per heavy atom. The lowest BCUT2D eigenvalue weighted by Gasteiger charge is -2.42. The Morgan fingerprint density at radius 3 is 3.06 bits per heavy atom. The quantitative estimate of drug-likeness (QED) is 0.785. The van der Waals surface area contributed by atoms with E-state index in [-0.39, 0.29) is 17.5 Å². The van der Waals surface area contributed by atoms with Gasteiger partial charge in [0.05, 0.1) is 11.7 Å². The number of hydrogen-bond acceptors (Lipinski definition) is 3. The summed E-state index contributed by atoms with van der Waals surface area (Å²) < 4.78 is 19.6. The second-order valence-electron chi connectivity index (χ2n) is 4.84. The molecule has 3 nitrogen and oxygen atoms in total. The maximum Gasteiger partial charge on any atom is 0.165 e. The zero-order valence-electron chi connectivity index (χ0n) is 9.99. The first-order valence-corrected chi connectivity index (χ1v) is 6.73. The first-order chi connectivity index (χ1) is 8.02. The van der Waals surface area contributed by atoms with Crippen molar-refractivity contribution < 1.29 is 9.13 Å². The average molecular weight is 303 g/mol. The Bertz CT molecular complexity index is 400. The normalized spacial score (nSPS) is 23.8. The fourth-order valence-corrected chi connectivity index (χ4v) is 2.48. The second kappa shape index (κ2) is 4.90. The van der Waals surface area contributed by atoms with E-state index in [2.05, 4.69) is 20.9 Å². The van der Waals surface area contributed by atoms with E-state index in [1.807, 2.05) is 18.7 Å². The second-order valence-corrected chi connectivity index (χ2v) is 5.49. The topological polar surface area (TPSA) is 25.4 Å². The lowest BCUT2D eigenvalue weighted by Crippen LogP contribution is -2.53. The highest BCUT2D eigenvalue weighted by molar-refractivity contribution is 9.09.